The van der Waals surface area contributed by atoms with Gasteiger partial charge in [0, 0.05) is 31.0 Å². The molecule has 1 aliphatic rings. The minimum Gasteiger partial charge on any atom is -0.357 e. The van der Waals surface area contributed by atoms with E-state index in [1.807, 2.05) is 6.92 Å². The van der Waals surface area contributed by atoms with Gasteiger partial charge in [-0.3, -0.25) is 9.79 Å². The summed E-state index contributed by atoms with van der Waals surface area (Å²) >= 11 is 0. The Balaban J connectivity index is 0.00000338. The van der Waals surface area contributed by atoms with E-state index in [0.717, 1.165) is 25.5 Å². The van der Waals surface area contributed by atoms with Crippen molar-refractivity contribution in [3.63, 3.8) is 0 Å². The molecular weight excluding hydrogens is 439 g/mol. The Morgan fingerprint density at radius 3 is 2.46 bits per heavy atom. The number of halogens is 1. The van der Waals surface area contributed by atoms with Crippen LogP contribution in [0.5, 0.6) is 0 Å². The Morgan fingerprint density at radius 2 is 1.88 bits per heavy atom. The van der Waals surface area contributed by atoms with Gasteiger partial charge in [-0.1, -0.05) is 37.3 Å². The van der Waals surface area contributed by atoms with Gasteiger partial charge >= 0.3 is 0 Å². The van der Waals surface area contributed by atoms with Gasteiger partial charge in [0.15, 0.2) is 5.96 Å². The van der Waals surface area contributed by atoms with E-state index in [0.29, 0.717) is 13.0 Å². The maximum absolute atomic E-state index is 11.9. The molecule has 1 aromatic rings. The topological polar surface area (TPSA) is 65.5 Å². The molecule has 5 nitrogen and oxygen atoms in total. The molecule has 1 aromatic carbocycles. The van der Waals surface area contributed by atoms with Crippen LogP contribution < -0.4 is 16.0 Å². The molecule has 0 aromatic heterocycles. The largest absolute Gasteiger partial charge is 0.357 e. The summed E-state index contributed by atoms with van der Waals surface area (Å²) in [6.07, 6.45) is 3.79. The minimum atomic E-state index is 0. The summed E-state index contributed by atoms with van der Waals surface area (Å²) in [7, 11) is 0. The van der Waals surface area contributed by atoms with Gasteiger partial charge in [0.25, 0.3) is 0 Å². The van der Waals surface area contributed by atoms with E-state index in [2.05, 4.69) is 60.1 Å². The normalized spacial score (nSPS) is 16.2. The number of carbonyl (C=O) groups is 1. The molecule has 1 atom stereocenters. The zero-order valence-electron chi connectivity index (χ0n) is 16.2. The van der Waals surface area contributed by atoms with Crippen molar-refractivity contribution in [1.29, 1.82) is 0 Å². The van der Waals surface area contributed by atoms with Crippen molar-refractivity contribution in [2.75, 3.05) is 19.6 Å². The second-order valence-electron chi connectivity index (χ2n) is 6.90. The van der Waals surface area contributed by atoms with Gasteiger partial charge in [0.05, 0.1) is 6.54 Å². The molecule has 26 heavy (non-hydrogen) atoms. The van der Waals surface area contributed by atoms with Crippen molar-refractivity contribution in [1.82, 2.24) is 16.0 Å². The number of rotatable bonds is 9. The first-order chi connectivity index (χ1) is 12.1. The van der Waals surface area contributed by atoms with Gasteiger partial charge in [0.1, 0.15) is 0 Å². The van der Waals surface area contributed by atoms with Gasteiger partial charge in [-0.05, 0) is 38.7 Å². The van der Waals surface area contributed by atoms with Crippen molar-refractivity contribution >= 4 is 35.8 Å². The number of guanidine groups is 1. The number of hydrogen-bond donors (Lipinski definition) is 3. The fourth-order valence-electron chi connectivity index (χ4n) is 2.80. The summed E-state index contributed by atoms with van der Waals surface area (Å²) in [6, 6.07) is 10.9. The van der Waals surface area contributed by atoms with Crippen LogP contribution in [0.3, 0.4) is 0 Å². The molecule has 146 valence electrons. The highest BCUT2D eigenvalue weighted by Crippen LogP contribution is 2.48. The monoisotopic (exact) mass is 472 g/mol. The summed E-state index contributed by atoms with van der Waals surface area (Å²) in [5.41, 5.74) is 1.58. The van der Waals surface area contributed by atoms with E-state index >= 15 is 0 Å². The van der Waals surface area contributed by atoms with Crippen LogP contribution in [0.25, 0.3) is 0 Å². The molecular formula is C20H33IN4O. The molecule has 1 unspecified atom stereocenters. The van der Waals surface area contributed by atoms with Crippen LogP contribution in [0, 0.1) is 0 Å². The Bertz CT molecular complexity index is 572. The maximum atomic E-state index is 11.9. The van der Waals surface area contributed by atoms with E-state index < -0.39 is 0 Å². The Morgan fingerprint density at radius 1 is 1.19 bits per heavy atom. The van der Waals surface area contributed by atoms with Crippen molar-refractivity contribution in [3.8, 4) is 0 Å². The number of carbonyl (C=O) groups excluding carboxylic acids is 1. The highest BCUT2D eigenvalue weighted by molar-refractivity contribution is 14.0. The minimum absolute atomic E-state index is 0. The van der Waals surface area contributed by atoms with Crippen LogP contribution in [0.1, 0.15) is 52.0 Å². The summed E-state index contributed by atoms with van der Waals surface area (Å²) in [5.74, 6) is 0.877. The van der Waals surface area contributed by atoms with E-state index in [4.69, 9.17) is 4.99 Å². The molecule has 2 rings (SSSR count). The fraction of sp³-hybridized carbons (Fsp3) is 0.600. The number of nitrogens with zero attached hydrogens (tertiary/aromatic N) is 1. The van der Waals surface area contributed by atoms with Crippen LogP contribution >= 0.6 is 24.0 Å². The molecule has 0 aliphatic heterocycles. The van der Waals surface area contributed by atoms with E-state index in [9.17, 15) is 4.79 Å². The van der Waals surface area contributed by atoms with Crippen molar-refractivity contribution in [2.24, 2.45) is 4.99 Å². The number of benzene rings is 1. The summed E-state index contributed by atoms with van der Waals surface area (Å²) in [5, 5.41) is 9.52. The van der Waals surface area contributed by atoms with Crippen molar-refractivity contribution in [2.45, 2.75) is 57.9 Å². The molecule has 1 aliphatic carbocycles. The van der Waals surface area contributed by atoms with Crippen LogP contribution in [-0.4, -0.2) is 37.5 Å². The van der Waals surface area contributed by atoms with E-state index in [-0.39, 0.29) is 41.3 Å². The van der Waals surface area contributed by atoms with Crippen LogP contribution in [0.2, 0.25) is 0 Å². The highest BCUT2D eigenvalue weighted by atomic mass is 127. The smallest absolute Gasteiger partial charge is 0.221 e. The van der Waals surface area contributed by atoms with Crippen molar-refractivity contribution < 1.29 is 4.79 Å². The summed E-state index contributed by atoms with van der Waals surface area (Å²) in [6.45, 7) is 8.33. The van der Waals surface area contributed by atoms with Crippen LogP contribution in [0.15, 0.2) is 35.3 Å². The molecule has 0 radical (unpaired) electrons. The molecule has 1 saturated carbocycles. The van der Waals surface area contributed by atoms with Gasteiger partial charge in [-0.15, -0.1) is 24.0 Å². The summed E-state index contributed by atoms with van der Waals surface area (Å²) < 4.78 is 0. The predicted octanol–water partition coefficient (Wildman–Crippen LogP) is 3.20. The zero-order chi connectivity index (χ0) is 18.1. The lowest BCUT2D eigenvalue weighted by Crippen LogP contribution is -2.40. The third-order valence-corrected chi connectivity index (χ3v) is 4.79. The standard InChI is InChI=1S/C20H32N4O.HI/c1-4-16(3)24-18(25)11-14-22-19(21-5-2)23-15-20(12-13-20)17-9-7-6-8-10-17;/h6-10,16H,4-5,11-15H2,1-3H3,(H,24,25)(H2,21,22,23);1H. The lowest BCUT2D eigenvalue weighted by atomic mass is 9.96. The molecule has 0 heterocycles. The predicted molar refractivity (Wildman–Crippen MR) is 119 cm³/mol. The van der Waals surface area contributed by atoms with Crippen molar-refractivity contribution in [3.05, 3.63) is 35.9 Å². The van der Waals surface area contributed by atoms with Gasteiger partial charge in [-0.25, -0.2) is 0 Å². The van der Waals surface area contributed by atoms with E-state index in [1.165, 1.54) is 18.4 Å². The molecule has 3 N–H and O–H groups in total. The fourth-order valence-corrected chi connectivity index (χ4v) is 2.80. The molecule has 1 fully saturated rings. The lowest BCUT2D eigenvalue weighted by Gasteiger charge is -2.16. The second kappa shape index (κ2) is 11.4. The third-order valence-electron chi connectivity index (χ3n) is 4.79. The molecule has 6 heteroatoms. The SMILES string of the molecule is CCNC(=NCC1(c2ccccc2)CC1)NCCC(=O)NC(C)CC.I. The number of aliphatic imine (C=N–C) groups is 1. The highest BCUT2D eigenvalue weighted by Gasteiger charge is 2.43. The quantitative estimate of drug-likeness (QED) is 0.294. The maximum Gasteiger partial charge on any atom is 0.221 e. The van der Waals surface area contributed by atoms with Crippen LogP contribution in [-0.2, 0) is 10.2 Å². The second-order valence-corrected chi connectivity index (χ2v) is 6.90. The van der Waals surface area contributed by atoms with E-state index in [1.54, 1.807) is 0 Å². The van der Waals surface area contributed by atoms with Gasteiger partial charge in [-0.2, -0.15) is 0 Å². The summed E-state index contributed by atoms with van der Waals surface area (Å²) in [4.78, 5) is 16.6. The third kappa shape index (κ3) is 7.13. The average molecular weight is 472 g/mol. The van der Waals surface area contributed by atoms with Crippen LogP contribution in [0.4, 0.5) is 0 Å². The lowest BCUT2D eigenvalue weighted by molar-refractivity contribution is -0.121. The molecule has 0 spiro atoms. The molecule has 1 amide bonds. The molecule has 0 bridgehead atoms. The Labute approximate surface area is 174 Å². The zero-order valence-corrected chi connectivity index (χ0v) is 18.5. The number of hydrogen-bond acceptors (Lipinski definition) is 2. The first-order valence-electron chi connectivity index (χ1n) is 9.46. The first-order valence-corrected chi connectivity index (χ1v) is 9.46. The molecule has 0 saturated heterocycles. The first kappa shape index (κ1) is 22.7. The number of nitrogens with one attached hydrogen (secondary N) is 3. The van der Waals surface area contributed by atoms with Gasteiger partial charge in [0.2, 0.25) is 5.91 Å². The number of amides is 1. The Kier molecular flexibility index (Phi) is 9.98. The Hall–Kier alpha value is -1.31. The average Bonchev–Trinajstić information content (AvgIpc) is 3.41. The van der Waals surface area contributed by atoms with Gasteiger partial charge < -0.3 is 16.0 Å².